The Morgan fingerprint density at radius 2 is 0.964 bits per heavy atom. The summed E-state index contributed by atoms with van der Waals surface area (Å²) in [5, 5.41) is 91.0. The van der Waals surface area contributed by atoms with Crippen molar-refractivity contribution in [2.45, 2.75) is 124 Å². The molecule has 0 unspecified atom stereocenters. The normalized spacial score (nSPS) is 32.0. The van der Waals surface area contributed by atoms with Crippen LogP contribution in [0.15, 0.2) is 67.0 Å². The maximum Gasteiger partial charge on any atom is 0.339 e. The van der Waals surface area contributed by atoms with Crippen molar-refractivity contribution < 1.29 is 59.2 Å². The van der Waals surface area contributed by atoms with E-state index < -0.39 is 96.0 Å². The zero-order chi connectivity index (χ0) is 40.4. The van der Waals surface area contributed by atoms with Gasteiger partial charge in [-0.2, -0.15) is 0 Å². The Bertz CT molecular complexity index is 2000. The number of fused-ring (bicyclic) bond motifs is 2. The van der Waals surface area contributed by atoms with Gasteiger partial charge in [-0.15, -0.1) is 0 Å². The van der Waals surface area contributed by atoms with Crippen molar-refractivity contribution in [1.29, 1.82) is 0 Å². The van der Waals surface area contributed by atoms with Gasteiger partial charge in [0.05, 0.1) is 13.2 Å². The Morgan fingerprint density at radius 3 is 1.29 bits per heavy atom. The van der Waals surface area contributed by atoms with Crippen molar-refractivity contribution in [2.24, 2.45) is 0 Å². The quantitative estimate of drug-likeness (QED) is 0.118. The van der Waals surface area contributed by atoms with Crippen molar-refractivity contribution in [2.75, 3.05) is 13.2 Å². The molecule has 2 aromatic carbocycles. The van der Waals surface area contributed by atoms with Crippen molar-refractivity contribution in [1.82, 2.24) is 0 Å². The molecule has 0 bridgehead atoms. The largest absolute Gasteiger partial charge is 0.423 e. The zero-order valence-electron chi connectivity index (χ0n) is 31.5. The van der Waals surface area contributed by atoms with Crippen molar-refractivity contribution >= 4 is 33.7 Å². The van der Waals surface area contributed by atoms with Crippen LogP contribution in [-0.4, -0.2) is 113 Å². The molecular formula is C40H50O14S. The SMILES string of the molecule is CC(C)(C)c1ccc2oc(=O)c(C[C@]3(O)[C@@H](O)[C@@H](CO)O[C@@H](S[C@@H]4O[C@H](CO)[C@H](O)[C@@](O)(Cc5cc6cc(C(C)(C)C)ccc6oc5=O)[C@H]4O)[C@@H]3O)cc2c1. The minimum atomic E-state index is -2.53. The average Bonchev–Trinajstić information content (AvgIpc) is 3.11. The highest BCUT2D eigenvalue weighted by atomic mass is 32.2. The number of ether oxygens (including phenoxy) is 2. The van der Waals surface area contributed by atoms with Crippen LogP contribution < -0.4 is 11.3 Å². The summed E-state index contributed by atoms with van der Waals surface area (Å²) in [6.45, 7) is 10.4. The lowest BCUT2D eigenvalue weighted by Gasteiger charge is -2.51. The predicted octanol–water partition coefficient (Wildman–Crippen LogP) is 1.35. The molecule has 0 amide bonds. The summed E-state index contributed by atoms with van der Waals surface area (Å²) < 4.78 is 22.6. The van der Waals surface area contributed by atoms with E-state index in [0.717, 1.165) is 11.1 Å². The molecule has 10 atom stereocenters. The van der Waals surface area contributed by atoms with Crippen LogP contribution in [0, 0.1) is 0 Å². The number of hydrogen-bond acceptors (Lipinski definition) is 15. The summed E-state index contributed by atoms with van der Waals surface area (Å²) in [5.41, 5.74) is -8.11. The Balaban J connectivity index is 1.31. The summed E-state index contributed by atoms with van der Waals surface area (Å²) in [5.74, 6) is 0. The third kappa shape index (κ3) is 7.77. The topological polar surface area (TPSA) is 241 Å². The number of benzene rings is 2. The molecule has 300 valence electrons. The van der Waals surface area contributed by atoms with E-state index in [1.54, 1.807) is 12.1 Å². The number of aliphatic hydroxyl groups is 8. The second-order valence-electron chi connectivity index (χ2n) is 16.8. The highest BCUT2D eigenvalue weighted by Crippen LogP contribution is 2.44. The summed E-state index contributed by atoms with van der Waals surface area (Å²) in [6, 6.07) is 13.6. The molecule has 2 aliphatic heterocycles. The van der Waals surface area contributed by atoms with Gasteiger partial charge >= 0.3 is 11.3 Å². The molecule has 4 aromatic rings. The van der Waals surface area contributed by atoms with Gasteiger partial charge in [0.25, 0.3) is 0 Å². The first-order chi connectivity index (χ1) is 25.6. The Kier molecular flexibility index (Phi) is 11.3. The number of rotatable bonds is 8. The average molecular weight is 787 g/mol. The van der Waals surface area contributed by atoms with E-state index in [4.69, 9.17) is 18.3 Å². The van der Waals surface area contributed by atoms with Gasteiger partial charge in [-0.05, 0) is 58.4 Å². The monoisotopic (exact) mass is 786 g/mol. The highest BCUT2D eigenvalue weighted by Gasteiger charge is 2.59. The van der Waals surface area contributed by atoms with E-state index in [2.05, 4.69) is 0 Å². The molecule has 6 rings (SSSR count). The molecule has 14 nitrogen and oxygen atoms in total. The minimum Gasteiger partial charge on any atom is -0.423 e. The second kappa shape index (κ2) is 15.0. The first-order valence-corrected chi connectivity index (χ1v) is 19.0. The van der Waals surface area contributed by atoms with E-state index in [1.807, 2.05) is 65.8 Å². The maximum absolute atomic E-state index is 13.1. The molecule has 4 heterocycles. The summed E-state index contributed by atoms with van der Waals surface area (Å²) in [6.07, 6.45) is -12.2. The molecule has 55 heavy (non-hydrogen) atoms. The smallest absolute Gasteiger partial charge is 0.339 e. The van der Waals surface area contributed by atoms with Gasteiger partial charge in [-0.3, -0.25) is 0 Å². The van der Waals surface area contributed by atoms with Gasteiger partial charge in [0, 0.05) is 34.7 Å². The Labute approximate surface area is 321 Å². The fourth-order valence-corrected chi connectivity index (χ4v) is 8.73. The third-order valence-corrected chi connectivity index (χ3v) is 12.1. The van der Waals surface area contributed by atoms with Crippen LogP contribution in [0.2, 0.25) is 0 Å². The molecule has 8 N–H and O–H groups in total. The van der Waals surface area contributed by atoms with E-state index in [9.17, 15) is 50.4 Å². The fourth-order valence-electron chi connectivity index (χ4n) is 7.28. The zero-order valence-corrected chi connectivity index (χ0v) is 32.3. The summed E-state index contributed by atoms with van der Waals surface area (Å²) in [7, 11) is 0. The van der Waals surface area contributed by atoms with Crippen LogP contribution in [-0.2, 0) is 33.1 Å². The van der Waals surface area contributed by atoms with Crippen LogP contribution >= 0.6 is 11.8 Å². The van der Waals surface area contributed by atoms with E-state index in [-0.39, 0.29) is 33.1 Å². The maximum atomic E-state index is 13.1. The van der Waals surface area contributed by atoms with Gasteiger partial charge < -0.3 is 59.2 Å². The molecule has 0 radical (unpaired) electrons. The van der Waals surface area contributed by atoms with Crippen LogP contribution in [0.5, 0.6) is 0 Å². The fraction of sp³-hybridized carbons (Fsp3) is 0.550. The molecule has 0 saturated carbocycles. The van der Waals surface area contributed by atoms with E-state index in [1.165, 1.54) is 12.1 Å². The Morgan fingerprint density at radius 1 is 0.600 bits per heavy atom. The Hall–Kier alpha value is -3.19. The van der Waals surface area contributed by atoms with Crippen LogP contribution in [0.25, 0.3) is 21.9 Å². The summed E-state index contributed by atoms with van der Waals surface area (Å²) in [4.78, 5) is 26.3. The highest BCUT2D eigenvalue weighted by molar-refractivity contribution is 8.00. The van der Waals surface area contributed by atoms with Crippen LogP contribution in [0.3, 0.4) is 0 Å². The van der Waals surface area contributed by atoms with Crippen molar-refractivity contribution in [3.05, 3.63) is 91.6 Å². The molecule has 2 fully saturated rings. The second-order valence-corrected chi connectivity index (χ2v) is 18.0. The van der Waals surface area contributed by atoms with Crippen LogP contribution in [0.1, 0.15) is 63.8 Å². The molecule has 15 heteroatoms. The van der Waals surface area contributed by atoms with Crippen LogP contribution in [0.4, 0.5) is 0 Å². The van der Waals surface area contributed by atoms with E-state index >= 15 is 0 Å². The third-order valence-electron chi connectivity index (χ3n) is 10.8. The van der Waals surface area contributed by atoms with Gasteiger partial charge in [-0.1, -0.05) is 65.4 Å². The van der Waals surface area contributed by atoms with Gasteiger partial charge in [0.15, 0.2) is 0 Å². The standard InChI is InChI=1S/C40H50O14S/c1-37(2,3)23-7-9-25-19(13-23)11-21(33(47)51-25)15-39(49)29(43)27(17-41)53-35(31(39)45)55-36-32(46)40(50,30(44)28(18-42)54-36)16-22-12-20-14-24(38(4,5)6)8-10-26(20)52-34(22)48/h7-14,27-32,35-36,41-46,49-50H,15-18H2,1-6H3/t27-,28-,29+,30+,31+,32+,35+,36+,39+,40+/m1/s1. The molecule has 0 aliphatic carbocycles. The predicted molar refractivity (Wildman–Crippen MR) is 203 cm³/mol. The lowest BCUT2D eigenvalue weighted by atomic mass is 9.80. The summed E-state index contributed by atoms with van der Waals surface area (Å²) >= 11 is 0.537. The lowest BCUT2D eigenvalue weighted by Crippen LogP contribution is -2.70. The molecule has 2 aromatic heterocycles. The molecule has 0 spiro atoms. The van der Waals surface area contributed by atoms with E-state index in [0.29, 0.717) is 22.5 Å². The molecule has 2 aliphatic rings. The molecular weight excluding hydrogens is 736 g/mol. The van der Waals surface area contributed by atoms with Crippen molar-refractivity contribution in [3.63, 3.8) is 0 Å². The van der Waals surface area contributed by atoms with Crippen molar-refractivity contribution in [3.8, 4) is 0 Å². The first kappa shape index (κ1) is 41.4. The number of thioether (sulfide) groups is 1. The lowest BCUT2D eigenvalue weighted by molar-refractivity contribution is -0.263. The molecule has 2 saturated heterocycles. The van der Waals surface area contributed by atoms with Gasteiger partial charge in [0.1, 0.15) is 69.9 Å². The number of hydrogen-bond donors (Lipinski definition) is 8. The van der Waals surface area contributed by atoms with Gasteiger partial charge in [0.2, 0.25) is 0 Å². The number of aliphatic hydroxyl groups excluding tert-OH is 6. The first-order valence-electron chi connectivity index (χ1n) is 18.1. The van der Waals surface area contributed by atoms with Gasteiger partial charge in [-0.25, -0.2) is 9.59 Å². The minimum absolute atomic E-state index is 0.0860.